The maximum absolute atomic E-state index is 14.7. The van der Waals surface area contributed by atoms with Gasteiger partial charge in [-0.05, 0) is 37.0 Å². The molecular formula is C25H24FN3O4. The Morgan fingerprint density at radius 2 is 1.97 bits per heavy atom. The molecule has 3 N–H and O–H groups in total. The van der Waals surface area contributed by atoms with Crippen molar-refractivity contribution in [1.82, 2.24) is 9.55 Å². The molecule has 8 heteroatoms. The Morgan fingerprint density at radius 1 is 1.21 bits per heavy atom. The van der Waals surface area contributed by atoms with Gasteiger partial charge in [0.2, 0.25) is 0 Å². The van der Waals surface area contributed by atoms with E-state index in [9.17, 15) is 19.1 Å². The summed E-state index contributed by atoms with van der Waals surface area (Å²) in [6, 6.07) is 3.02. The van der Waals surface area contributed by atoms with Gasteiger partial charge >= 0.3 is 5.97 Å². The molecule has 0 fully saturated rings. The number of carbonyl (C=O) groups is 1. The zero-order chi connectivity index (χ0) is 23.6. The first-order valence-corrected chi connectivity index (χ1v) is 11.1. The Hall–Kier alpha value is -3.52. The quantitative estimate of drug-likeness (QED) is 0.399. The number of aromatic nitrogens is 2. The third-order valence-corrected chi connectivity index (χ3v) is 6.62. The van der Waals surface area contributed by atoms with Crippen LogP contribution >= 0.6 is 0 Å². The normalized spacial score (nSPS) is 17.8. The second kappa shape index (κ2) is 7.52. The maximum atomic E-state index is 14.7. The van der Waals surface area contributed by atoms with Crippen molar-refractivity contribution in [3.63, 3.8) is 0 Å². The number of aryl methyl sites for hydroxylation is 1. The highest BCUT2D eigenvalue weighted by Gasteiger charge is 2.35. The second-order valence-corrected chi connectivity index (χ2v) is 8.23. The van der Waals surface area contributed by atoms with Crippen LogP contribution in [0.5, 0.6) is 0 Å². The standard InChI is InChI=1S/C23H18FN3O4.C2H6/c1-9-10-3-2-4-15(25)18-12-7-27-17(20(12)26-16(19(10)18)6-14(9)24)5-11-13(22(27)29)8-31-23(30)21(11)28;1-2/h4-6,21,28H,2-3,7-8,25H2,1H3;1-2H3. The summed E-state index contributed by atoms with van der Waals surface area (Å²) in [6.07, 6.45) is 1.74. The minimum Gasteiger partial charge on any atom is -0.458 e. The predicted octanol–water partition coefficient (Wildman–Crippen LogP) is 3.23. The fourth-order valence-corrected chi connectivity index (χ4v) is 5.04. The SMILES string of the molecule is CC.Cc1c(F)cc2nc3c(c4c2c1CCC=C4N)Cn1c-3cc2c(c1=O)COC(=O)C2O. The fraction of sp³-hybridized carbons (Fsp3) is 0.320. The van der Waals surface area contributed by atoms with Gasteiger partial charge in [0.15, 0.2) is 6.10 Å². The number of nitrogens with two attached hydrogens (primary N) is 1. The number of rotatable bonds is 0. The Balaban J connectivity index is 0.00000111. The van der Waals surface area contributed by atoms with Crippen molar-refractivity contribution < 1.29 is 19.0 Å². The van der Waals surface area contributed by atoms with E-state index in [1.54, 1.807) is 17.6 Å². The number of aliphatic hydroxyl groups excluding tert-OH is 1. The van der Waals surface area contributed by atoms with Gasteiger partial charge in [0, 0.05) is 33.8 Å². The van der Waals surface area contributed by atoms with Gasteiger partial charge < -0.3 is 20.1 Å². The molecule has 0 saturated heterocycles. The van der Waals surface area contributed by atoms with E-state index in [1.807, 2.05) is 19.9 Å². The maximum Gasteiger partial charge on any atom is 0.340 e. The van der Waals surface area contributed by atoms with Crippen LogP contribution in [0.25, 0.3) is 28.0 Å². The third kappa shape index (κ3) is 2.87. The van der Waals surface area contributed by atoms with Crippen LogP contribution in [-0.4, -0.2) is 20.6 Å². The van der Waals surface area contributed by atoms with Crippen LogP contribution in [-0.2, 0) is 29.1 Å². The zero-order valence-corrected chi connectivity index (χ0v) is 18.7. The number of ether oxygens (including phenoxy) is 1. The van der Waals surface area contributed by atoms with Crippen molar-refractivity contribution in [2.75, 3.05) is 0 Å². The molecule has 0 spiro atoms. The highest BCUT2D eigenvalue weighted by atomic mass is 19.1. The number of allylic oxidation sites excluding steroid dienone is 1. The number of aliphatic hydroxyl groups is 1. The predicted molar refractivity (Wildman–Crippen MR) is 122 cm³/mol. The second-order valence-electron chi connectivity index (χ2n) is 8.23. The Kier molecular flexibility index (Phi) is 4.86. The number of esters is 1. The minimum atomic E-state index is -1.52. The van der Waals surface area contributed by atoms with E-state index in [0.29, 0.717) is 41.0 Å². The average Bonchev–Trinajstić information content (AvgIpc) is 3.07. The van der Waals surface area contributed by atoms with Gasteiger partial charge in [-0.1, -0.05) is 19.9 Å². The number of cyclic esters (lactones) is 1. The molecule has 33 heavy (non-hydrogen) atoms. The van der Waals surface area contributed by atoms with Gasteiger partial charge in [-0.2, -0.15) is 0 Å². The summed E-state index contributed by atoms with van der Waals surface area (Å²) < 4.78 is 21.2. The first-order valence-electron chi connectivity index (χ1n) is 11.1. The third-order valence-electron chi connectivity index (χ3n) is 6.62. The number of hydrogen-bond donors (Lipinski definition) is 2. The van der Waals surface area contributed by atoms with Crippen LogP contribution in [0, 0.1) is 12.7 Å². The molecular weight excluding hydrogens is 425 g/mol. The van der Waals surface area contributed by atoms with Crippen molar-refractivity contribution in [2.24, 2.45) is 5.73 Å². The molecule has 1 aromatic carbocycles. The van der Waals surface area contributed by atoms with Crippen LogP contribution in [0.2, 0.25) is 0 Å². The molecule has 2 aliphatic heterocycles. The molecule has 2 aromatic heterocycles. The number of fused-ring (bicyclic) bond motifs is 5. The van der Waals surface area contributed by atoms with Crippen LogP contribution in [0.1, 0.15) is 59.8 Å². The van der Waals surface area contributed by atoms with E-state index in [4.69, 9.17) is 15.5 Å². The monoisotopic (exact) mass is 449 g/mol. The number of carbonyl (C=O) groups excluding carboxylic acids is 1. The topological polar surface area (TPSA) is 107 Å². The molecule has 4 heterocycles. The lowest BCUT2D eigenvalue weighted by Gasteiger charge is -2.21. The molecule has 7 nitrogen and oxygen atoms in total. The van der Waals surface area contributed by atoms with Gasteiger partial charge in [-0.3, -0.25) is 4.79 Å². The summed E-state index contributed by atoms with van der Waals surface area (Å²) in [4.78, 5) is 29.7. The van der Waals surface area contributed by atoms with Crippen molar-refractivity contribution in [3.8, 4) is 11.4 Å². The number of pyridine rings is 2. The van der Waals surface area contributed by atoms with Crippen molar-refractivity contribution in [1.29, 1.82) is 0 Å². The van der Waals surface area contributed by atoms with E-state index in [0.717, 1.165) is 22.1 Å². The number of nitrogens with zero attached hydrogens (tertiary/aromatic N) is 2. The smallest absolute Gasteiger partial charge is 0.340 e. The van der Waals surface area contributed by atoms with Gasteiger partial charge in [0.05, 0.1) is 29.0 Å². The van der Waals surface area contributed by atoms with Crippen LogP contribution in [0.15, 0.2) is 23.0 Å². The van der Waals surface area contributed by atoms with Gasteiger partial charge in [0.25, 0.3) is 5.56 Å². The Morgan fingerprint density at radius 3 is 2.73 bits per heavy atom. The van der Waals surface area contributed by atoms with Gasteiger partial charge in [-0.25, -0.2) is 14.2 Å². The van der Waals surface area contributed by atoms with Crippen LogP contribution < -0.4 is 11.3 Å². The van der Waals surface area contributed by atoms with Crippen molar-refractivity contribution in [3.05, 3.63) is 67.8 Å². The molecule has 0 bridgehead atoms. The largest absolute Gasteiger partial charge is 0.458 e. The Labute approximate surface area is 189 Å². The summed E-state index contributed by atoms with van der Waals surface area (Å²) in [5.41, 5.74) is 11.7. The van der Waals surface area contributed by atoms with Crippen LogP contribution in [0.4, 0.5) is 4.39 Å². The number of hydrogen-bond acceptors (Lipinski definition) is 6. The molecule has 1 atom stereocenters. The lowest BCUT2D eigenvalue weighted by molar-refractivity contribution is -0.157. The fourth-order valence-electron chi connectivity index (χ4n) is 5.04. The summed E-state index contributed by atoms with van der Waals surface area (Å²) in [5.74, 6) is -1.12. The van der Waals surface area contributed by atoms with Crippen molar-refractivity contribution >= 4 is 22.6 Å². The van der Waals surface area contributed by atoms with Crippen molar-refractivity contribution in [2.45, 2.75) is 52.9 Å². The molecule has 0 radical (unpaired) electrons. The highest BCUT2D eigenvalue weighted by molar-refractivity contribution is 5.99. The lowest BCUT2D eigenvalue weighted by atomic mass is 9.92. The van der Waals surface area contributed by atoms with E-state index in [1.165, 1.54) is 6.07 Å². The van der Waals surface area contributed by atoms with Gasteiger partial charge in [-0.15, -0.1) is 0 Å². The summed E-state index contributed by atoms with van der Waals surface area (Å²) >= 11 is 0. The lowest BCUT2D eigenvalue weighted by Crippen LogP contribution is -2.32. The van der Waals surface area contributed by atoms with Gasteiger partial charge in [0.1, 0.15) is 12.4 Å². The molecule has 0 amide bonds. The van der Waals surface area contributed by atoms with E-state index in [2.05, 4.69) is 0 Å². The van der Waals surface area contributed by atoms with E-state index in [-0.39, 0.29) is 35.7 Å². The van der Waals surface area contributed by atoms with Crippen LogP contribution in [0.3, 0.4) is 0 Å². The Bertz CT molecular complexity index is 1450. The zero-order valence-electron chi connectivity index (χ0n) is 18.7. The molecule has 170 valence electrons. The molecule has 1 unspecified atom stereocenters. The first-order chi connectivity index (χ1) is 15.9. The summed E-state index contributed by atoms with van der Waals surface area (Å²) in [5, 5.41) is 11.1. The minimum absolute atomic E-state index is 0.181. The summed E-state index contributed by atoms with van der Waals surface area (Å²) in [6.45, 7) is 5.83. The first kappa shape index (κ1) is 21.3. The molecule has 0 saturated carbocycles. The highest BCUT2D eigenvalue weighted by Crippen LogP contribution is 2.42. The molecule has 3 aliphatic rings. The molecule has 3 aromatic rings. The number of halogens is 1. The average molecular weight is 449 g/mol. The number of benzene rings is 1. The van der Waals surface area contributed by atoms with E-state index < -0.39 is 12.1 Å². The molecule has 1 aliphatic carbocycles. The summed E-state index contributed by atoms with van der Waals surface area (Å²) in [7, 11) is 0. The molecule has 6 rings (SSSR count). The van der Waals surface area contributed by atoms with E-state index >= 15 is 0 Å².